The van der Waals surface area contributed by atoms with E-state index in [1.165, 1.54) is 55.2 Å². The zero-order chi connectivity index (χ0) is 17.6. The van der Waals surface area contributed by atoms with Crippen molar-refractivity contribution in [2.45, 2.75) is 65.7 Å². The van der Waals surface area contributed by atoms with Gasteiger partial charge in [-0.15, -0.1) is 0 Å². The Morgan fingerprint density at radius 3 is 2.12 bits per heavy atom. The summed E-state index contributed by atoms with van der Waals surface area (Å²) in [4.78, 5) is 12.5. The maximum Gasteiger partial charge on any atom is 0.240 e. The molecule has 0 radical (unpaired) electrons. The van der Waals surface area contributed by atoms with Gasteiger partial charge in [-0.1, -0.05) is 17.7 Å². The molecular formula is C22H30N2O. The van der Waals surface area contributed by atoms with Crippen molar-refractivity contribution in [1.82, 2.24) is 5.43 Å². The summed E-state index contributed by atoms with van der Waals surface area (Å²) in [6.07, 6.45) is 10.5. The van der Waals surface area contributed by atoms with Gasteiger partial charge >= 0.3 is 0 Å². The third-order valence-corrected chi connectivity index (χ3v) is 6.82. The van der Waals surface area contributed by atoms with Gasteiger partial charge in [-0.2, -0.15) is 5.10 Å². The highest BCUT2D eigenvalue weighted by atomic mass is 16.2. The van der Waals surface area contributed by atoms with Gasteiger partial charge in [0.05, 0.1) is 6.21 Å². The van der Waals surface area contributed by atoms with E-state index >= 15 is 0 Å². The Morgan fingerprint density at radius 1 is 1.08 bits per heavy atom. The molecule has 0 saturated heterocycles. The van der Waals surface area contributed by atoms with Gasteiger partial charge in [0.25, 0.3) is 0 Å². The summed E-state index contributed by atoms with van der Waals surface area (Å²) in [6, 6.07) is 4.32. The van der Waals surface area contributed by atoms with Crippen LogP contribution in [0.25, 0.3) is 0 Å². The third-order valence-electron chi connectivity index (χ3n) is 6.82. The summed E-state index contributed by atoms with van der Waals surface area (Å²) in [5, 5.41) is 4.27. The number of rotatable bonds is 4. The number of benzene rings is 1. The lowest BCUT2D eigenvalue weighted by Crippen LogP contribution is -2.47. The zero-order valence-corrected chi connectivity index (χ0v) is 15.8. The Bertz CT molecular complexity index is 660. The van der Waals surface area contributed by atoms with Gasteiger partial charge in [-0.25, -0.2) is 5.43 Å². The normalized spacial score (nSPS) is 33.2. The fraction of sp³-hybridized carbons (Fsp3) is 0.636. The number of nitrogens with zero attached hydrogens (tertiary/aromatic N) is 1. The first-order valence-corrected chi connectivity index (χ1v) is 9.82. The number of hydrogen-bond donors (Lipinski definition) is 1. The molecule has 0 aliphatic heterocycles. The quantitative estimate of drug-likeness (QED) is 0.629. The highest BCUT2D eigenvalue weighted by molar-refractivity contribution is 5.85. The summed E-state index contributed by atoms with van der Waals surface area (Å²) in [7, 11) is 0. The number of aryl methyl sites for hydroxylation is 3. The van der Waals surface area contributed by atoms with E-state index in [-0.39, 0.29) is 11.3 Å². The van der Waals surface area contributed by atoms with E-state index in [4.69, 9.17) is 0 Å². The van der Waals surface area contributed by atoms with Crippen molar-refractivity contribution in [1.29, 1.82) is 0 Å². The second kappa shape index (κ2) is 6.26. The first kappa shape index (κ1) is 16.8. The van der Waals surface area contributed by atoms with Crippen LogP contribution >= 0.6 is 0 Å². The van der Waals surface area contributed by atoms with Gasteiger partial charge in [0.2, 0.25) is 5.91 Å². The lowest BCUT2D eigenvalue weighted by Gasteiger charge is -2.56. The molecule has 0 heterocycles. The van der Waals surface area contributed by atoms with Gasteiger partial charge in [-0.3, -0.25) is 4.79 Å². The van der Waals surface area contributed by atoms with Gasteiger partial charge < -0.3 is 0 Å². The molecule has 134 valence electrons. The second-order valence-electron chi connectivity index (χ2n) is 9.20. The number of carbonyl (C=O) groups is 1. The second-order valence-corrected chi connectivity index (χ2v) is 9.20. The molecule has 5 rings (SSSR count). The third kappa shape index (κ3) is 3.38. The summed E-state index contributed by atoms with van der Waals surface area (Å²) in [5.41, 5.74) is 7.87. The minimum absolute atomic E-state index is 0.0978. The van der Waals surface area contributed by atoms with Crippen molar-refractivity contribution in [2.75, 3.05) is 0 Å². The summed E-state index contributed by atoms with van der Waals surface area (Å²) in [5.74, 6) is 2.77. The molecule has 4 aliphatic carbocycles. The Balaban J connectivity index is 1.39. The maximum absolute atomic E-state index is 12.5. The number of amides is 1. The molecule has 0 unspecified atom stereocenters. The molecule has 4 saturated carbocycles. The van der Waals surface area contributed by atoms with Crippen LogP contribution in [0.15, 0.2) is 17.2 Å². The van der Waals surface area contributed by atoms with Crippen LogP contribution in [0.4, 0.5) is 0 Å². The molecular weight excluding hydrogens is 308 g/mol. The molecule has 1 N–H and O–H groups in total. The van der Waals surface area contributed by atoms with E-state index in [1.54, 1.807) is 0 Å². The Kier molecular flexibility index (Phi) is 4.21. The lowest BCUT2D eigenvalue weighted by molar-refractivity contribution is -0.129. The van der Waals surface area contributed by atoms with E-state index in [2.05, 4.69) is 43.4 Å². The summed E-state index contributed by atoms with van der Waals surface area (Å²) < 4.78 is 0. The molecule has 1 amide bonds. The number of hydrogen-bond acceptors (Lipinski definition) is 2. The summed E-state index contributed by atoms with van der Waals surface area (Å²) in [6.45, 7) is 6.30. The lowest BCUT2D eigenvalue weighted by atomic mass is 9.49. The number of hydrazone groups is 1. The van der Waals surface area contributed by atoms with Crippen molar-refractivity contribution in [2.24, 2.45) is 28.3 Å². The predicted octanol–water partition coefficient (Wildman–Crippen LogP) is 4.67. The maximum atomic E-state index is 12.5. The van der Waals surface area contributed by atoms with Gasteiger partial charge in [-0.05, 0) is 93.6 Å². The van der Waals surface area contributed by atoms with Crippen LogP contribution in [0, 0.1) is 43.9 Å². The van der Waals surface area contributed by atoms with Crippen LogP contribution in [-0.4, -0.2) is 12.1 Å². The molecule has 3 nitrogen and oxygen atoms in total. The van der Waals surface area contributed by atoms with Crippen molar-refractivity contribution < 1.29 is 4.79 Å². The Hall–Kier alpha value is -1.64. The molecule has 25 heavy (non-hydrogen) atoms. The van der Waals surface area contributed by atoms with Crippen molar-refractivity contribution in [3.05, 3.63) is 34.4 Å². The average Bonchev–Trinajstić information content (AvgIpc) is 2.47. The minimum Gasteiger partial charge on any atom is -0.273 e. The monoisotopic (exact) mass is 338 g/mol. The fourth-order valence-corrected chi connectivity index (χ4v) is 6.45. The molecule has 4 aliphatic rings. The van der Waals surface area contributed by atoms with Gasteiger partial charge in [0, 0.05) is 12.0 Å². The van der Waals surface area contributed by atoms with E-state index < -0.39 is 0 Å². The van der Waals surface area contributed by atoms with Crippen LogP contribution in [0.5, 0.6) is 0 Å². The van der Waals surface area contributed by atoms with Crippen molar-refractivity contribution in [3.8, 4) is 0 Å². The molecule has 3 heteroatoms. The molecule has 0 spiro atoms. The highest BCUT2D eigenvalue weighted by Crippen LogP contribution is 2.61. The van der Waals surface area contributed by atoms with Crippen molar-refractivity contribution >= 4 is 12.1 Å². The first-order valence-electron chi connectivity index (χ1n) is 9.82. The fourth-order valence-electron chi connectivity index (χ4n) is 6.45. The van der Waals surface area contributed by atoms with Crippen LogP contribution in [0.1, 0.15) is 67.2 Å². The number of carbonyl (C=O) groups excluding carboxylic acids is 1. The van der Waals surface area contributed by atoms with Gasteiger partial charge in [0.1, 0.15) is 0 Å². The molecule has 1 aromatic rings. The molecule has 1 aromatic carbocycles. The smallest absolute Gasteiger partial charge is 0.240 e. The predicted molar refractivity (Wildman–Crippen MR) is 102 cm³/mol. The summed E-state index contributed by atoms with van der Waals surface area (Å²) >= 11 is 0. The Morgan fingerprint density at radius 2 is 1.60 bits per heavy atom. The van der Waals surface area contributed by atoms with Crippen LogP contribution in [0.2, 0.25) is 0 Å². The van der Waals surface area contributed by atoms with E-state index in [9.17, 15) is 4.79 Å². The minimum atomic E-state index is 0.0978. The van der Waals surface area contributed by atoms with Crippen molar-refractivity contribution in [3.63, 3.8) is 0 Å². The molecule has 0 atom stereocenters. The topological polar surface area (TPSA) is 41.5 Å². The zero-order valence-electron chi connectivity index (χ0n) is 15.8. The average molecular weight is 338 g/mol. The highest BCUT2D eigenvalue weighted by Gasteiger charge is 2.51. The van der Waals surface area contributed by atoms with E-state index in [0.717, 1.165) is 23.3 Å². The SMILES string of the molecule is Cc1cc(C)c(/C=N\NC(=O)CC23CC4CC(CC(C4)C2)C3)c(C)c1. The van der Waals surface area contributed by atoms with Crippen LogP contribution in [0.3, 0.4) is 0 Å². The largest absolute Gasteiger partial charge is 0.273 e. The number of nitrogens with one attached hydrogen (secondary N) is 1. The first-order chi connectivity index (χ1) is 11.9. The Labute approximate surface area is 151 Å². The molecule has 0 aromatic heterocycles. The van der Waals surface area contributed by atoms with Crippen LogP contribution < -0.4 is 5.43 Å². The van der Waals surface area contributed by atoms with Gasteiger partial charge in [0.15, 0.2) is 0 Å². The molecule has 4 fully saturated rings. The van der Waals surface area contributed by atoms with Crippen LogP contribution in [-0.2, 0) is 4.79 Å². The van der Waals surface area contributed by atoms with E-state index in [1.807, 2.05) is 6.21 Å². The van der Waals surface area contributed by atoms with E-state index in [0.29, 0.717) is 6.42 Å². The standard InChI is InChI=1S/C22H30N2O/c1-14-4-15(2)20(16(3)5-14)13-23-24-21(25)12-22-9-17-6-18(10-22)8-19(7-17)11-22/h4-5,13,17-19H,6-12H2,1-3H3,(H,24,25)/b23-13-. The molecule has 4 bridgehead atoms.